The van der Waals surface area contributed by atoms with E-state index in [0.29, 0.717) is 5.57 Å². The zero-order valence-electron chi connectivity index (χ0n) is 12.3. The summed E-state index contributed by atoms with van der Waals surface area (Å²) in [6.07, 6.45) is 1.00. The van der Waals surface area contributed by atoms with Crippen molar-refractivity contribution in [3.63, 3.8) is 0 Å². The second-order valence-electron chi connectivity index (χ2n) is 4.98. The Hall–Kier alpha value is -0.653. The van der Waals surface area contributed by atoms with Gasteiger partial charge in [-0.1, -0.05) is 6.58 Å². The maximum atomic E-state index is 11.1. The van der Waals surface area contributed by atoms with E-state index in [1.165, 1.54) is 0 Å². The third-order valence-electron chi connectivity index (χ3n) is 1.97. The van der Waals surface area contributed by atoms with Crippen molar-refractivity contribution in [2.24, 2.45) is 0 Å². The Morgan fingerprint density at radius 1 is 1.41 bits per heavy atom. The Morgan fingerprint density at radius 3 is 2.18 bits per heavy atom. The molecule has 0 heterocycles. The van der Waals surface area contributed by atoms with E-state index in [4.69, 9.17) is 0 Å². The summed E-state index contributed by atoms with van der Waals surface area (Å²) in [7, 11) is 7.31. The maximum Gasteiger partial charge on any atom is 0.246 e. The van der Waals surface area contributed by atoms with Crippen molar-refractivity contribution < 1.29 is 13.7 Å². The smallest absolute Gasteiger partial charge is 0.246 e. The zero-order valence-corrected chi connectivity index (χ0v) is 14.3. The SMILES string of the molecule is C=C(C)C(=O)NCCC[N+](C)(C)C.CCO[SiH3]. The predicted octanol–water partition coefficient (Wildman–Crippen LogP) is 0.0783. The normalized spacial score (nSPS) is 10.4. The van der Waals surface area contributed by atoms with Gasteiger partial charge in [-0.05, 0) is 13.8 Å². The Balaban J connectivity index is 0. The van der Waals surface area contributed by atoms with Gasteiger partial charge in [0, 0.05) is 25.1 Å². The van der Waals surface area contributed by atoms with Gasteiger partial charge in [-0.25, -0.2) is 0 Å². The number of rotatable bonds is 6. The molecule has 0 aliphatic carbocycles. The number of nitrogens with zero attached hydrogens (tertiary/aromatic N) is 1. The van der Waals surface area contributed by atoms with Crippen LogP contribution in [0.25, 0.3) is 0 Å². The number of hydrogen-bond donors (Lipinski definition) is 1. The van der Waals surface area contributed by atoms with Gasteiger partial charge in [0.15, 0.2) is 0 Å². The molecule has 0 saturated heterocycles. The molecule has 0 fully saturated rings. The minimum absolute atomic E-state index is 0.0404. The summed E-state index contributed by atoms with van der Waals surface area (Å²) < 4.78 is 5.61. The lowest BCUT2D eigenvalue weighted by Gasteiger charge is -2.23. The summed E-state index contributed by atoms with van der Waals surface area (Å²) >= 11 is 0. The highest BCUT2D eigenvalue weighted by Crippen LogP contribution is 1.92. The summed E-state index contributed by atoms with van der Waals surface area (Å²) in [5, 5.41) is 2.81. The molecular formula is C12H29N2O2Si+. The number of amides is 1. The topological polar surface area (TPSA) is 38.3 Å². The maximum absolute atomic E-state index is 11.1. The van der Waals surface area contributed by atoms with Crippen LogP contribution in [0.5, 0.6) is 0 Å². The molecule has 0 spiro atoms. The lowest BCUT2D eigenvalue weighted by atomic mass is 10.3. The lowest BCUT2D eigenvalue weighted by molar-refractivity contribution is -0.870. The fraction of sp³-hybridized carbons (Fsp3) is 0.750. The molecule has 0 saturated carbocycles. The predicted molar refractivity (Wildman–Crippen MR) is 76.9 cm³/mol. The molecule has 0 aromatic rings. The third kappa shape index (κ3) is 17.9. The van der Waals surface area contributed by atoms with Gasteiger partial charge in [-0.2, -0.15) is 0 Å². The second-order valence-corrected chi connectivity index (χ2v) is 5.56. The van der Waals surface area contributed by atoms with E-state index in [1.807, 2.05) is 6.92 Å². The van der Waals surface area contributed by atoms with Crippen molar-refractivity contribution in [1.29, 1.82) is 0 Å². The summed E-state index contributed by atoms with van der Waals surface area (Å²) in [4.78, 5) is 11.1. The number of quaternary nitrogens is 1. The monoisotopic (exact) mass is 261 g/mol. The molecule has 0 rings (SSSR count). The van der Waals surface area contributed by atoms with Crippen molar-refractivity contribution in [2.45, 2.75) is 20.3 Å². The van der Waals surface area contributed by atoms with Gasteiger partial charge in [0.1, 0.15) is 10.5 Å². The molecule has 1 amide bonds. The van der Waals surface area contributed by atoms with Gasteiger partial charge in [-0.3, -0.25) is 4.79 Å². The van der Waals surface area contributed by atoms with Gasteiger partial charge < -0.3 is 14.2 Å². The summed E-state index contributed by atoms with van der Waals surface area (Å²) in [5.74, 6) is -0.0404. The molecule has 5 heteroatoms. The number of carbonyl (C=O) groups is 1. The summed E-state index contributed by atoms with van der Waals surface area (Å²) in [5.41, 5.74) is 0.574. The number of hydrogen-bond acceptors (Lipinski definition) is 2. The fourth-order valence-electron chi connectivity index (χ4n) is 0.906. The molecule has 0 unspecified atom stereocenters. The lowest BCUT2D eigenvalue weighted by Crippen LogP contribution is -2.37. The van der Waals surface area contributed by atoms with Gasteiger partial charge in [0.25, 0.3) is 0 Å². The Morgan fingerprint density at radius 2 is 1.88 bits per heavy atom. The van der Waals surface area contributed by atoms with Crippen LogP contribution in [-0.2, 0) is 9.22 Å². The van der Waals surface area contributed by atoms with E-state index < -0.39 is 0 Å². The van der Waals surface area contributed by atoms with Crippen LogP contribution >= 0.6 is 0 Å². The largest absolute Gasteiger partial charge is 0.428 e. The fourth-order valence-corrected chi connectivity index (χ4v) is 0.906. The highest BCUT2D eigenvalue weighted by atomic mass is 28.2. The van der Waals surface area contributed by atoms with Gasteiger partial charge in [-0.15, -0.1) is 0 Å². The minimum Gasteiger partial charge on any atom is -0.428 e. The third-order valence-corrected chi connectivity index (χ3v) is 2.54. The molecule has 4 nitrogen and oxygen atoms in total. The highest BCUT2D eigenvalue weighted by molar-refractivity contribution is 5.97. The number of carbonyl (C=O) groups excluding carboxylic acids is 1. The van der Waals surface area contributed by atoms with Crippen LogP contribution in [0.4, 0.5) is 0 Å². The average molecular weight is 261 g/mol. The molecule has 0 atom stereocenters. The van der Waals surface area contributed by atoms with Gasteiger partial charge >= 0.3 is 0 Å². The summed E-state index contributed by atoms with van der Waals surface area (Å²) in [6.45, 7) is 9.96. The first-order chi connectivity index (χ1) is 7.74. The van der Waals surface area contributed by atoms with Crippen LogP contribution in [0.15, 0.2) is 12.2 Å². The van der Waals surface area contributed by atoms with Crippen LogP contribution in [0.2, 0.25) is 0 Å². The van der Waals surface area contributed by atoms with Crippen LogP contribution in [0.1, 0.15) is 20.3 Å². The van der Waals surface area contributed by atoms with Crippen LogP contribution in [-0.4, -0.2) is 61.7 Å². The van der Waals surface area contributed by atoms with Gasteiger partial charge in [0.2, 0.25) is 5.91 Å². The standard InChI is InChI=1S/C10H20N2O.C2H8OSi/c1-9(2)10(13)11-7-6-8-12(3,4)5;1-2-3-4/h1,6-8H2,2-5H3;2H2,1,4H3/p+1. The van der Waals surface area contributed by atoms with Crippen molar-refractivity contribution in [1.82, 2.24) is 5.32 Å². The number of nitrogens with one attached hydrogen (secondary N) is 1. The van der Waals surface area contributed by atoms with Gasteiger partial charge in [0.05, 0.1) is 27.7 Å². The molecule has 102 valence electrons. The van der Waals surface area contributed by atoms with E-state index >= 15 is 0 Å². The Labute approximate surface area is 109 Å². The Kier molecular flexibility index (Phi) is 11.6. The van der Waals surface area contributed by atoms with E-state index in [9.17, 15) is 4.79 Å². The second kappa shape index (κ2) is 10.5. The van der Waals surface area contributed by atoms with Crippen LogP contribution in [0, 0.1) is 0 Å². The Bertz CT molecular complexity index is 223. The quantitative estimate of drug-likeness (QED) is 0.318. The zero-order chi connectivity index (χ0) is 13.9. The molecule has 1 N–H and O–H groups in total. The van der Waals surface area contributed by atoms with Crippen LogP contribution in [0.3, 0.4) is 0 Å². The highest BCUT2D eigenvalue weighted by Gasteiger charge is 2.06. The molecule has 0 aromatic heterocycles. The average Bonchev–Trinajstić information content (AvgIpc) is 2.23. The first kappa shape index (κ1) is 18.7. The van der Waals surface area contributed by atoms with E-state index in [-0.39, 0.29) is 5.91 Å². The first-order valence-corrected chi connectivity index (χ1v) is 6.79. The van der Waals surface area contributed by atoms with Crippen molar-refractivity contribution >= 4 is 16.4 Å². The first-order valence-electron chi connectivity index (χ1n) is 5.97. The molecule has 17 heavy (non-hydrogen) atoms. The van der Waals surface area contributed by atoms with Crippen molar-refractivity contribution in [3.05, 3.63) is 12.2 Å². The minimum atomic E-state index is -0.0404. The molecule has 0 bridgehead atoms. The van der Waals surface area contributed by atoms with E-state index in [2.05, 4.69) is 37.5 Å². The van der Waals surface area contributed by atoms with Crippen molar-refractivity contribution in [2.75, 3.05) is 40.8 Å². The van der Waals surface area contributed by atoms with E-state index in [0.717, 1.165) is 41.1 Å². The summed E-state index contributed by atoms with van der Waals surface area (Å²) in [6, 6.07) is 0. The molecule has 0 aromatic carbocycles. The van der Waals surface area contributed by atoms with E-state index in [1.54, 1.807) is 6.92 Å². The molecule has 0 aliphatic heterocycles. The van der Waals surface area contributed by atoms with Crippen molar-refractivity contribution in [3.8, 4) is 0 Å². The molecule has 0 aliphatic rings. The van der Waals surface area contributed by atoms with Crippen LogP contribution < -0.4 is 5.32 Å². The molecule has 0 radical (unpaired) electrons. The molecular weight excluding hydrogens is 232 g/mol.